The molecule has 0 saturated heterocycles. The van der Waals surface area contributed by atoms with Crippen molar-refractivity contribution in [2.45, 2.75) is 0 Å². The van der Waals surface area contributed by atoms with Crippen molar-refractivity contribution in [3.8, 4) is 0 Å². The molecule has 0 radical (unpaired) electrons. The van der Waals surface area contributed by atoms with Gasteiger partial charge in [-0.25, -0.2) is 0 Å². The largest absolute Gasteiger partial charge is 0.311 e. The quantitative estimate of drug-likeness (QED) is 0.191. The van der Waals surface area contributed by atoms with Crippen LogP contribution in [0.3, 0.4) is 0 Å². The van der Waals surface area contributed by atoms with E-state index in [9.17, 15) is 0 Å². The highest BCUT2D eigenvalue weighted by atomic mass is 15.2. The van der Waals surface area contributed by atoms with Gasteiger partial charge in [-0.1, -0.05) is 127 Å². The van der Waals surface area contributed by atoms with Crippen LogP contribution in [0.25, 0.3) is 32.3 Å². The fraction of sp³-hybridized carbons (Fsp3) is 0. The minimum Gasteiger partial charge on any atom is -0.311 e. The molecule has 0 atom stereocenters. The van der Waals surface area contributed by atoms with Crippen LogP contribution in [0.4, 0.5) is 34.1 Å². The third-order valence-corrected chi connectivity index (χ3v) is 9.81. The van der Waals surface area contributed by atoms with Gasteiger partial charge in [-0.2, -0.15) is 0 Å². The molecule has 3 heteroatoms. The van der Waals surface area contributed by atoms with Crippen molar-refractivity contribution in [3.63, 3.8) is 0 Å². The van der Waals surface area contributed by atoms with Gasteiger partial charge in [0.2, 0.25) is 0 Å². The van der Waals surface area contributed by atoms with Gasteiger partial charge in [0.1, 0.15) is 0 Å². The molecule has 0 aromatic heterocycles. The summed E-state index contributed by atoms with van der Waals surface area (Å²) in [6.07, 6.45) is 0. The van der Waals surface area contributed by atoms with Crippen LogP contribution >= 0.6 is 0 Å². The lowest BCUT2D eigenvalue weighted by molar-refractivity contribution is 1.27. The summed E-state index contributed by atoms with van der Waals surface area (Å²) in [5.74, 6) is 0. The van der Waals surface area contributed by atoms with Crippen LogP contribution in [0.2, 0.25) is 0 Å². The maximum Gasteiger partial charge on any atom is 0.252 e. The third-order valence-electron chi connectivity index (χ3n) is 9.81. The molecule has 45 heavy (non-hydrogen) atoms. The van der Waals surface area contributed by atoms with Crippen molar-refractivity contribution < 1.29 is 0 Å². The molecule has 2 nitrogen and oxygen atoms in total. The lowest BCUT2D eigenvalue weighted by Crippen LogP contribution is -2.61. The van der Waals surface area contributed by atoms with E-state index in [1.807, 2.05) is 0 Å². The topological polar surface area (TPSA) is 6.48 Å². The zero-order chi connectivity index (χ0) is 29.5. The van der Waals surface area contributed by atoms with Gasteiger partial charge < -0.3 is 9.80 Å². The Bertz CT molecular complexity index is 2460. The predicted molar refractivity (Wildman–Crippen MR) is 193 cm³/mol. The van der Waals surface area contributed by atoms with Crippen molar-refractivity contribution in [3.05, 3.63) is 164 Å². The number of nitrogens with zero attached hydrogens (tertiary/aromatic N) is 2. The van der Waals surface area contributed by atoms with E-state index in [4.69, 9.17) is 0 Å². The molecule has 10 rings (SSSR count). The van der Waals surface area contributed by atoms with E-state index in [0.29, 0.717) is 0 Å². The average molecular weight is 571 g/mol. The van der Waals surface area contributed by atoms with Crippen LogP contribution in [0, 0.1) is 0 Å². The third kappa shape index (κ3) is 3.41. The fourth-order valence-corrected chi connectivity index (χ4v) is 7.99. The van der Waals surface area contributed by atoms with E-state index >= 15 is 0 Å². The Morgan fingerprint density at radius 1 is 0.289 bits per heavy atom. The SMILES string of the molecule is c1ccc2c(c1)B1c3c(cccc3N(c3cccc4ccccc34)c3ccc4ccccc4c31)N2c1cccc2ccccc12. The summed E-state index contributed by atoms with van der Waals surface area (Å²) < 4.78 is 0. The van der Waals surface area contributed by atoms with Gasteiger partial charge in [-0.3, -0.25) is 0 Å². The van der Waals surface area contributed by atoms with E-state index in [1.54, 1.807) is 0 Å². The molecule has 2 heterocycles. The van der Waals surface area contributed by atoms with Crippen LogP contribution in [0.5, 0.6) is 0 Å². The Morgan fingerprint density at radius 3 is 1.38 bits per heavy atom. The molecule has 0 aliphatic carbocycles. The summed E-state index contributed by atoms with van der Waals surface area (Å²) in [6, 6.07) is 60.3. The lowest BCUT2D eigenvalue weighted by atomic mass is 9.33. The summed E-state index contributed by atoms with van der Waals surface area (Å²) in [5.41, 5.74) is 11.4. The highest BCUT2D eigenvalue weighted by Crippen LogP contribution is 2.47. The molecule has 0 bridgehead atoms. The maximum atomic E-state index is 2.52. The molecule has 0 unspecified atom stereocenters. The number of para-hydroxylation sites is 1. The second-order valence-electron chi connectivity index (χ2n) is 12.1. The maximum absolute atomic E-state index is 2.52. The van der Waals surface area contributed by atoms with Crippen molar-refractivity contribution >= 4 is 89.5 Å². The first-order valence-corrected chi connectivity index (χ1v) is 15.7. The normalized spacial score (nSPS) is 13.2. The second kappa shape index (κ2) is 9.35. The summed E-state index contributed by atoms with van der Waals surface area (Å²) in [7, 11) is 0. The smallest absolute Gasteiger partial charge is 0.252 e. The van der Waals surface area contributed by atoms with Gasteiger partial charge in [0.15, 0.2) is 0 Å². The average Bonchev–Trinajstić information content (AvgIpc) is 3.11. The monoisotopic (exact) mass is 570 g/mol. The molecule has 0 fully saturated rings. The van der Waals surface area contributed by atoms with E-state index in [0.717, 1.165) is 0 Å². The molecular weight excluding hydrogens is 543 g/mol. The van der Waals surface area contributed by atoms with Crippen molar-refractivity contribution in [2.24, 2.45) is 0 Å². The molecule has 2 aliphatic rings. The number of anilines is 6. The minimum absolute atomic E-state index is 0.0888. The summed E-state index contributed by atoms with van der Waals surface area (Å²) >= 11 is 0. The number of fused-ring (bicyclic) bond motifs is 8. The Kier molecular flexibility index (Phi) is 5.12. The molecule has 0 amide bonds. The molecule has 8 aromatic carbocycles. The standard InChI is InChI=1S/C42H27BN2/c1-4-17-31-28(12-1)15-9-22-35(31)44-37-21-8-7-20-34(37)43-41-33-19-6-3-14-30(33)26-27-40(41)45(39-25-11-24-38(44)42(39)43)36-23-10-16-29-13-2-5-18-32(29)36/h1-27H. The summed E-state index contributed by atoms with van der Waals surface area (Å²) in [4.78, 5) is 5.03. The van der Waals surface area contributed by atoms with Crippen LogP contribution < -0.4 is 26.2 Å². The van der Waals surface area contributed by atoms with E-state index in [2.05, 4.69) is 174 Å². The minimum atomic E-state index is 0.0888. The summed E-state index contributed by atoms with van der Waals surface area (Å²) in [5, 5.41) is 7.55. The molecule has 2 aliphatic heterocycles. The predicted octanol–water partition coefficient (Wildman–Crippen LogP) is 9.23. The Morgan fingerprint density at radius 2 is 0.711 bits per heavy atom. The summed E-state index contributed by atoms with van der Waals surface area (Å²) in [6.45, 7) is 0.0888. The molecule has 0 N–H and O–H groups in total. The van der Waals surface area contributed by atoms with E-state index < -0.39 is 0 Å². The van der Waals surface area contributed by atoms with Crippen LogP contribution in [-0.4, -0.2) is 6.71 Å². The van der Waals surface area contributed by atoms with Gasteiger partial charge >= 0.3 is 0 Å². The number of benzene rings is 8. The Labute approximate surface area is 262 Å². The number of hydrogen-bond donors (Lipinski definition) is 0. The zero-order valence-electron chi connectivity index (χ0n) is 24.6. The van der Waals surface area contributed by atoms with Gasteiger partial charge in [0.05, 0.1) is 11.4 Å². The molecule has 8 aromatic rings. The van der Waals surface area contributed by atoms with Crippen molar-refractivity contribution in [1.82, 2.24) is 0 Å². The van der Waals surface area contributed by atoms with Gasteiger partial charge in [0.25, 0.3) is 6.71 Å². The second-order valence-corrected chi connectivity index (χ2v) is 12.1. The lowest BCUT2D eigenvalue weighted by Gasteiger charge is -2.44. The molecule has 0 saturated carbocycles. The number of rotatable bonds is 2. The van der Waals surface area contributed by atoms with Crippen LogP contribution in [0.1, 0.15) is 0 Å². The molecular formula is C42H27BN2. The first kappa shape index (κ1) is 24.6. The Balaban J connectivity index is 1.36. The van der Waals surface area contributed by atoms with Gasteiger partial charge in [-0.05, 0) is 74.3 Å². The van der Waals surface area contributed by atoms with Gasteiger partial charge in [0, 0.05) is 33.5 Å². The molecule has 0 spiro atoms. The highest BCUT2D eigenvalue weighted by Gasteiger charge is 2.44. The van der Waals surface area contributed by atoms with E-state index in [-0.39, 0.29) is 6.71 Å². The van der Waals surface area contributed by atoms with Crippen LogP contribution in [-0.2, 0) is 0 Å². The first-order valence-electron chi connectivity index (χ1n) is 15.7. The molecule has 208 valence electrons. The first-order chi connectivity index (χ1) is 22.4. The van der Waals surface area contributed by atoms with Crippen molar-refractivity contribution in [1.29, 1.82) is 0 Å². The zero-order valence-corrected chi connectivity index (χ0v) is 24.6. The van der Waals surface area contributed by atoms with E-state index in [1.165, 1.54) is 82.8 Å². The van der Waals surface area contributed by atoms with Crippen LogP contribution in [0.15, 0.2) is 164 Å². The number of hydrogen-bond acceptors (Lipinski definition) is 2. The Hall–Kier alpha value is -5.80. The fourth-order valence-electron chi connectivity index (χ4n) is 7.99. The van der Waals surface area contributed by atoms with Crippen molar-refractivity contribution in [2.75, 3.05) is 9.80 Å². The highest BCUT2D eigenvalue weighted by molar-refractivity contribution is 7.01. The van der Waals surface area contributed by atoms with Gasteiger partial charge in [-0.15, -0.1) is 0 Å².